The van der Waals surface area contributed by atoms with Gasteiger partial charge in [-0.3, -0.25) is 4.79 Å². The van der Waals surface area contributed by atoms with Crippen molar-refractivity contribution in [2.24, 2.45) is 0 Å². The van der Waals surface area contributed by atoms with E-state index in [2.05, 4.69) is 11.7 Å². The minimum Gasteiger partial charge on any atom is -0.469 e. The van der Waals surface area contributed by atoms with Gasteiger partial charge in [0.15, 0.2) is 0 Å². The van der Waals surface area contributed by atoms with Crippen molar-refractivity contribution in [3.05, 3.63) is 0 Å². The molecule has 0 N–H and O–H groups in total. The van der Waals surface area contributed by atoms with E-state index in [1.807, 2.05) is 0 Å². The van der Waals surface area contributed by atoms with Gasteiger partial charge in [-0.2, -0.15) is 0 Å². The van der Waals surface area contributed by atoms with Crippen molar-refractivity contribution in [1.29, 1.82) is 0 Å². The fraction of sp³-hybridized carbons (Fsp3) is 0.900. The second-order valence-electron chi connectivity index (χ2n) is 3.13. The van der Waals surface area contributed by atoms with E-state index < -0.39 is 0 Å². The zero-order chi connectivity index (χ0) is 10.1. The van der Waals surface area contributed by atoms with Crippen LogP contribution in [0.3, 0.4) is 0 Å². The van der Waals surface area contributed by atoms with E-state index in [1.165, 1.54) is 20.0 Å². The third-order valence-corrected chi connectivity index (χ3v) is 2.08. The molecule has 1 unspecified atom stereocenters. The molecule has 1 atom stereocenters. The fourth-order valence-corrected chi connectivity index (χ4v) is 1.19. The normalized spacial score (nSPS) is 12.5. The van der Waals surface area contributed by atoms with Gasteiger partial charge in [0.25, 0.3) is 0 Å². The Labute approximate surface area is 80.4 Å². The highest BCUT2D eigenvalue weighted by Crippen LogP contribution is 2.09. The molecule has 0 bridgehead atoms. The first-order chi connectivity index (χ1) is 6.24. The zero-order valence-electron chi connectivity index (χ0n) is 8.84. The number of unbranched alkanes of at least 4 members (excludes halogenated alkanes) is 2. The summed E-state index contributed by atoms with van der Waals surface area (Å²) in [6.45, 7) is 2.15. The average molecular weight is 188 g/mol. The molecule has 3 heteroatoms. The van der Waals surface area contributed by atoms with Crippen LogP contribution in [0.25, 0.3) is 0 Å². The van der Waals surface area contributed by atoms with Gasteiger partial charge >= 0.3 is 5.97 Å². The summed E-state index contributed by atoms with van der Waals surface area (Å²) in [6, 6.07) is 0. The van der Waals surface area contributed by atoms with Crippen molar-refractivity contribution in [1.82, 2.24) is 0 Å². The largest absolute Gasteiger partial charge is 0.469 e. The maximum Gasteiger partial charge on any atom is 0.308 e. The Morgan fingerprint density at radius 2 is 2.00 bits per heavy atom. The number of hydrogen-bond acceptors (Lipinski definition) is 3. The van der Waals surface area contributed by atoms with E-state index in [9.17, 15) is 4.79 Å². The summed E-state index contributed by atoms with van der Waals surface area (Å²) in [6.07, 6.45) is 4.84. The lowest BCUT2D eigenvalue weighted by molar-refractivity contribution is -0.143. The van der Waals surface area contributed by atoms with Crippen LogP contribution in [0, 0.1) is 0 Å². The van der Waals surface area contributed by atoms with Crippen molar-refractivity contribution in [3.8, 4) is 0 Å². The summed E-state index contributed by atoms with van der Waals surface area (Å²) in [5, 5.41) is 0. The Kier molecular flexibility index (Phi) is 7.69. The topological polar surface area (TPSA) is 35.5 Å². The van der Waals surface area contributed by atoms with Gasteiger partial charge in [-0.25, -0.2) is 0 Å². The van der Waals surface area contributed by atoms with Crippen molar-refractivity contribution >= 4 is 5.97 Å². The molecule has 0 radical (unpaired) electrons. The number of carbonyl (C=O) groups is 1. The summed E-state index contributed by atoms with van der Waals surface area (Å²) in [7, 11) is 3.04. The Hall–Kier alpha value is -0.570. The minimum atomic E-state index is -0.191. The van der Waals surface area contributed by atoms with Crippen molar-refractivity contribution < 1.29 is 14.3 Å². The van der Waals surface area contributed by atoms with Crippen LogP contribution in [0.2, 0.25) is 0 Å². The van der Waals surface area contributed by atoms with Crippen LogP contribution in [0.5, 0.6) is 0 Å². The highest BCUT2D eigenvalue weighted by atomic mass is 16.5. The fourth-order valence-electron chi connectivity index (χ4n) is 1.19. The zero-order valence-corrected chi connectivity index (χ0v) is 8.84. The first-order valence-electron chi connectivity index (χ1n) is 4.84. The molecule has 0 aromatic rings. The molecule has 13 heavy (non-hydrogen) atoms. The third kappa shape index (κ3) is 6.58. The Bertz CT molecular complexity index is 134. The predicted molar refractivity (Wildman–Crippen MR) is 51.6 cm³/mol. The Morgan fingerprint density at radius 1 is 1.31 bits per heavy atom. The standard InChI is InChI=1S/C10H20O3/c1-4-5-6-7-9(12-2)8-10(11)13-3/h9H,4-8H2,1-3H3. The van der Waals surface area contributed by atoms with Gasteiger partial charge in [-0.1, -0.05) is 26.2 Å². The van der Waals surface area contributed by atoms with Gasteiger partial charge in [0.05, 0.1) is 19.6 Å². The number of rotatable bonds is 7. The summed E-state index contributed by atoms with van der Waals surface area (Å²) in [5.41, 5.74) is 0. The van der Waals surface area contributed by atoms with E-state index in [-0.39, 0.29) is 12.1 Å². The Balaban J connectivity index is 3.56. The molecule has 3 nitrogen and oxygen atoms in total. The number of methoxy groups -OCH3 is 2. The summed E-state index contributed by atoms with van der Waals surface area (Å²) >= 11 is 0. The molecule has 0 fully saturated rings. The van der Waals surface area contributed by atoms with Crippen LogP contribution in [0.1, 0.15) is 39.0 Å². The second kappa shape index (κ2) is 8.05. The maximum absolute atomic E-state index is 10.9. The monoisotopic (exact) mass is 188 g/mol. The molecule has 0 heterocycles. The summed E-state index contributed by atoms with van der Waals surface area (Å²) < 4.78 is 9.74. The van der Waals surface area contributed by atoms with Gasteiger partial charge in [-0.05, 0) is 6.42 Å². The molecule has 0 aliphatic carbocycles. The molecule has 0 aliphatic heterocycles. The van der Waals surface area contributed by atoms with Gasteiger partial charge in [0.2, 0.25) is 0 Å². The number of carbonyl (C=O) groups excluding carboxylic acids is 1. The van der Waals surface area contributed by atoms with E-state index in [0.29, 0.717) is 6.42 Å². The molecular formula is C10H20O3. The number of esters is 1. The quantitative estimate of drug-likeness (QED) is 0.453. The lowest BCUT2D eigenvalue weighted by Crippen LogP contribution is -2.17. The lowest BCUT2D eigenvalue weighted by Gasteiger charge is -2.13. The second-order valence-corrected chi connectivity index (χ2v) is 3.13. The van der Waals surface area contributed by atoms with Gasteiger partial charge < -0.3 is 9.47 Å². The van der Waals surface area contributed by atoms with Crippen molar-refractivity contribution in [2.75, 3.05) is 14.2 Å². The van der Waals surface area contributed by atoms with Gasteiger partial charge in [-0.15, -0.1) is 0 Å². The summed E-state index contributed by atoms with van der Waals surface area (Å²) in [5.74, 6) is -0.191. The predicted octanol–water partition coefficient (Wildman–Crippen LogP) is 2.14. The first kappa shape index (κ1) is 12.4. The summed E-state index contributed by atoms with van der Waals surface area (Å²) in [4.78, 5) is 10.9. The lowest BCUT2D eigenvalue weighted by atomic mass is 10.1. The van der Waals surface area contributed by atoms with E-state index in [0.717, 1.165) is 12.8 Å². The molecule has 0 amide bonds. The molecule has 0 saturated heterocycles. The van der Waals surface area contributed by atoms with E-state index in [1.54, 1.807) is 7.11 Å². The van der Waals surface area contributed by atoms with Crippen LogP contribution in [-0.2, 0) is 14.3 Å². The maximum atomic E-state index is 10.9. The molecule has 0 aliphatic rings. The molecule has 0 rings (SSSR count). The third-order valence-electron chi connectivity index (χ3n) is 2.08. The van der Waals surface area contributed by atoms with E-state index >= 15 is 0 Å². The van der Waals surface area contributed by atoms with Crippen LogP contribution < -0.4 is 0 Å². The highest BCUT2D eigenvalue weighted by Gasteiger charge is 2.12. The first-order valence-corrected chi connectivity index (χ1v) is 4.84. The molecule has 0 spiro atoms. The average Bonchev–Trinajstić information content (AvgIpc) is 2.16. The number of ether oxygens (including phenoxy) is 2. The van der Waals surface area contributed by atoms with Crippen LogP contribution in [0.4, 0.5) is 0 Å². The SMILES string of the molecule is CCCCCC(CC(=O)OC)OC. The van der Waals surface area contributed by atoms with Gasteiger partial charge in [0, 0.05) is 7.11 Å². The van der Waals surface area contributed by atoms with E-state index in [4.69, 9.17) is 4.74 Å². The minimum absolute atomic E-state index is 0.0269. The number of hydrogen-bond donors (Lipinski definition) is 0. The van der Waals surface area contributed by atoms with Gasteiger partial charge in [0.1, 0.15) is 0 Å². The van der Waals surface area contributed by atoms with Crippen molar-refractivity contribution in [3.63, 3.8) is 0 Å². The van der Waals surface area contributed by atoms with Crippen molar-refractivity contribution in [2.45, 2.75) is 45.1 Å². The molecule has 78 valence electrons. The Morgan fingerprint density at radius 3 is 2.46 bits per heavy atom. The van der Waals surface area contributed by atoms with Crippen LogP contribution in [-0.4, -0.2) is 26.3 Å². The molecule has 0 aromatic carbocycles. The molecular weight excluding hydrogens is 168 g/mol. The smallest absolute Gasteiger partial charge is 0.308 e. The molecule has 0 saturated carbocycles. The molecule has 0 aromatic heterocycles. The van der Waals surface area contributed by atoms with Crippen LogP contribution in [0.15, 0.2) is 0 Å². The van der Waals surface area contributed by atoms with Crippen LogP contribution >= 0.6 is 0 Å². The highest BCUT2D eigenvalue weighted by molar-refractivity contribution is 5.69.